The summed E-state index contributed by atoms with van der Waals surface area (Å²) in [6.45, 7) is 7.67. The van der Waals surface area contributed by atoms with Gasteiger partial charge in [-0.25, -0.2) is 10.3 Å². The second-order valence-electron chi connectivity index (χ2n) is 3.66. The highest BCUT2D eigenvalue weighted by molar-refractivity contribution is 6.04. The van der Waals surface area contributed by atoms with Gasteiger partial charge in [0.2, 0.25) is 0 Å². The van der Waals surface area contributed by atoms with Crippen LogP contribution in [-0.2, 0) is 0 Å². The number of hydrogen-bond acceptors (Lipinski definition) is 2. The number of carbonyl (C=O) groups excluding carboxylic acids is 1. The molecule has 0 aromatic rings. The maximum absolute atomic E-state index is 10.8. The second kappa shape index (κ2) is 4.77. The van der Waals surface area contributed by atoms with Crippen molar-refractivity contribution in [3.05, 3.63) is 12.2 Å². The third kappa shape index (κ3) is 4.42. The van der Waals surface area contributed by atoms with Crippen LogP contribution in [0, 0.1) is 5.41 Å². The van der Waals surface area contributed by atoms with Crippen LogP contribution in [0.25, 0.3) is 0 Å². The quantitative estimate of drug-likeness (QED) is 0.372. The lowest BCUT2D eigenvalue weighted by molar-refractivity contribution is 0.169. The summed E-state index contributed by atoms with van der Waals surface area (Å²) in [6, 6.07) is -0.747. The molecule has 0 aromatic heterocycles. The summed E-state index contributed by atoms with van der Waals surface area (Å²) in [4.78, 5) is 14.4. The molecule has 0 spiro atoms. The van der Waals surface area contributed by atoms with Crippen LogP contribution in [0.4, 0.5) is 4.79 Å². The maximum atomic E-state index is 10.8. The van der Waals surface area contributed by atoms with Gasteiger partial charge in [-0.3, -0.25) is 5.21 Å². The van der Waals surface area contributed by atoms with E-state index in [-0.39, 0.29) is 5.41 Å². The van der Waals surface area contributed by atoms with E-state index in [9.17, 15) is 4.79 Å². The number of nitrogens with one attached hydrogen (secondary N) is 1. The molecule has 0 fully saturated rings. The summed E-state index contributed by atoms with van der Waals surface area (Å²) in [5.41, 5.74) is 1.88. The van der Waals surface area contributed by atoms with Gasteiger partial charge in [-0.15, -0.1) is 0 Å². The Labute approximate surface area is 78.3 Å². The molecule has 0 radical (unpaired) electrons. The molecule has 2 amide bonds. The minimum atomic E-state index is -0.747. The van der Waals surface area contributed by atoms with Gasteiger partial charge < -0.3 is 0 Å². The zero-order valence-electron chi connectivity index (χ0n) is 8.46. The molecule has 0 heterocycles. The Kier molecular flexibility index (Phi) is 4.34. The molecule has 0 bridgehead atoms. The van der Waals surface area contributed by atoms with Crippen LogP contribution in [0.3, 0.4) is 0 Å². The molecule has 2 N–H and O–H groups in total. The van der Waals surface area contributed by atoms with Crippen molar-refractivity contribution in [2.75, 3.05) is 0 Å². The number of carbonyl (C=O) groups is 1. The first-order valence-electron chi connectivity index (χ1n) is 4.07. The van der Waals surface area contributed by atoms with Crippen molar-refractivity contribution in [3.8, 4) is 0 Å². The predicted octanol–water partition coefficient (Wildman–Crippen LogP) is 2.15. The molecule has 0 aliphatic heterocycles. The fourth-order valence-electron chi connectivity index (χ4n) is 0.747. The van der Waals surface area contributed by atoms with Gasteiger partial charge >= 0.3 is 6.03 Å². The Balaban J connectivity index is 4.81. The number of hydrogen-bond donors (Lipinski definition) is 2. The van der Waals surface area contributed by atoms with E-state index < -0.39 is 6.03 Å². The van der Waals surface area contributed by atoms with Crippen LogP contribution in [0.15, 0.2) is 17.1 Å². The highest BCUT2D eigenvalue weighted by atomic mass is 16.5. The van der Waals surface area contributed by atoms with Crippen LogP contribution in [0.5, 0.6) is 0 Å². The minimum absolute atomic E-state index is 0.209. The Morgan fingerprint density at radius 2 is 2.00 bits per heavy atom. The van der Waals surface area contributed by atoms with Crippen molar-refractivity contribution in [2.45, 2.75) is 27.7 Å². The van der Waals surface area contributed by atoms with Gasteiger partial charge in [0.15, 0.2) is 0 Å². The Bertz CT molecular complexity index is 236. The zero-order chi connectivity index (χ0) is 10.5. The van der Waals surface area contributed by atoms with Crippen LogP contribution >= 0.6 is 0 Å². The normalized spacial score (nSPS) is 13.5. The lowest BCUT2D eigenvalue weighted by Crippen LogP contribution is -2.23. The van der Waals surface area contributed by atoms with E-state index in [4.69, 9.17) is 5.21 Å². The van der Waals surface area contributed by atoms with E-state index in [1.165, 1.54) is 5.48 Å². The van der Waals surface area contributed by atoms with Crippen LogP contribution in [0.2, 0.25) is 0 Å². The van der Waals surface area contributed by atoms with Crippen molar-refractivity contribution in [3.63, 3.8) is 0 Å². The molecule has 13 heavy (non-hydrogen) atoms. The van der Waals surface area contributed by atoms with E-state index in [0.717, 1.165) is 0 Å². The third-order valence-electron chi connectivity index (χ3n) is 1.41. The van der Waals surface area contributed by atoms with E-state index in [1.807, 2.05) is 27.7 Å². The highest BCUT2D eigenvalue weighted by Crippen LogP contribution is 2.17. The lowest BCUT2D eigenvalue weighted by atomic mass is 9.89. The van der Waals surface area contributed by atoms with Crippen LogP contribution in [-0.4, -0.2) is 17.0 Å². The molecule has 0 atom stereocenters. The predicted molar refractivity (Wildman–Crippen MR) is 52.0 cm³/mol. The summed E-state index contributed by atoms with van der Waals surface area (Å²) in [5, 5.41) is 8.29. The van der Waals surface area contributed by atoms with Crippen molar-refractivity contribution in [2.24, 2.45) is 10.4 Å². The monoisotopic (exact) mass is 184 g/mol. The topological polar surface area (TPSA) is 61.7 Å². The molecule has 0 aliphatic carbocycles. The maximum Gasteiger partial charge on any atom is 0.364 e. The summed E-state index contributed by atoms with van der Waals surface area (Å²) >= 11 is 0. The number of urea groups is 1. The first-order valence-corrected chi connectivity index (χ1v) is 4.07. The SMILES string of the molecule is C/C=C\C(=N/C(=O)NO)C(C)(C)C. The fraction of sp³-hybridized carbons (Fsp3) is 0.556. The molecule has 0 saturated carbocycles. The molecule has 74 valence electrons. The molecule has 0 unspecified atom stereocenters. The molecular formula is C9H16N2O2. The number of allylic oxidation sites excluding steroid dienone is 2. The number of aliphatic imine (C=N–C) groups is 1. The van der Waals surface area contributed by atoms with Crippen molar-refractivity contribution >= 4 is 11.7 Å². The molecular weight excluding hydrogens is 168 g/mol. The van der Waals surface area contributed by atoms with E-state index in [2.05, 4.69) is 4.99 Å². The van der Waals surface area contributed by atoms with Crippen molar-refractivity contribution in [1.29, 1.82) is 0 Å². The van der Waals surface area contributed by atoms with E-state index >= 15 is 0 Å². The van der Waals surface area contributed by atoms with Gasteiger partial charge in [0.1, 0.15) is 0 Å². The van der Waals surface area contributed by atoms with Gasteiger partial charge in [-0.2, -0.15) is 4.99 Å². The fourth-order valence-corrected chi connectivity index (χ4v) is 0.747. The second-order valence-corrected chi connectivity index (χ2v) is 3.66. The van der Waals surface area contributed by atoms with Gasteiger partial charge in [-0.1, -0.05) is 26.8 Å². The standard InChI is InChI=1S/C9H16N2O2/c1-5-6-7(9(2,3)4)10-8(12)11-13/h5-6,13H,1-4H3,(H,11,12)/b6-5-,10-7+. The van der Waals surface area contributed by atoms with E-state index in [1.54, 1.807) is 12.2 Å². The number of hydroxylamine groups is 1. The summed E-state index contributed by atoms with van der Waals surface area (Å²) in [7, 11) is 0. The summed E-state index contributed by atoms with van der Waals surface area (Å²) < 4.78 is 0. The molecule has 0 rings (SSSR count). The number of rotatable bonds is 1. The average Bonchev–Trinajstić information content (AvgIpc) is 2.01. The average molecular weight is 184 g/mol. The van der Waals surface area contributed by atoms with Gasteiger partial charge in [-0.05, 0) is 13.0 Å². The third-order valence-corrected chi connectivity index (χ3v) is 1.41. The van der Waals surface area contributed by atoms with E-state index in [0.29, 0.717) is 5.71 Å². The van der Waals surface area contributed by atoms with Crippen molar-refractivity contribution < 1.29 is 10.0 Å². The van der Waals surface area contributed by atoms with Gasteiger partial charge in [0.05, 0.1) is 5.71 Å². The van der Waals surface area contributed by atoms with Gasteiger partial charge in [0, 0.05) is 5.41 Å². The molecule has 0 aliphatic rings. The first kappa shape index (κ1) is 11.8. The highest BCUT2D eigenvalue weighted by Gasteiger charge is 2.17. The zero-order valence-corrected chi connectivity index (χ0v) is 8.46. The molecule has 4 heteroatoms. The van der Waals surface area contributed by atoms with Gasteiger partial charge in [0.25, 0.3) is 0 Å². The Hall–Kier alpha value is -1.16. The Morgan fingerprint density at radius 1 is 1.46 bits per heavy atom. The lowest BCUT2D eigenvalue weighted by Gasteiger charge is -2.17. The minimum Gasteiger partial charge on any atom is -0.287 e. The number of nitrogens with zero attached hydrogens (tertiary/aromatic N) is 1. The molecule has 0 aromatic carbocycles. The number of amides is 2. The summed E-state index contributed by atoms with van der Waals surface area (Å²) in [6.07, 6.45) is 3.55. The van der Waals surface area contributed by atoms with Crippen LogP contribution in [0.1, 0.15) is 27.7 Å². The van der Waals surface area contributed by atoms with Crippen LogP contribution < -0.4 is 5.48 Å². The molecule has 0 saturated heterocycles. The Morgan fingerprint density at radius 3 is 2.31 bits per heavy atom. The smallest absolute Gasteiger partial charge is 0.287 e. The summed E-state index contributed by atoms with van der Waals surface area (Å²) in [5.74, 6) is 0. The van der Waals surface area contributed by atoms with Crippen molar-refractivity contribution in [1.82, 2.24) is 5.48 Å². The molecule has 4 nitrogen and oxygen atoms in total. The first-order chi connectivity index (χ1) is 5.91. The largest absolute Gasteiger partial charge is 0.364 e.